The topological polar surface area (TPSA) is 131 Å². The molecule has 174 valence electrons. The number of aliphatic hydroxyl groups excluding tert-OH is 2. The van der Waals surface area contributed by atoms with Gasteiger partial charge < -0.3 is 24.8 Å². The Kier molecular flexibility index (Phi) is 4.57. The van der Waals surface area contributed by atoms with E-state index in [2.05, 4.69) is 10.3 Å². The number of pyridine rings is 2. The fraction of sp³-hybridized carbons (Fsp3) is 0.304. The van der Waals surface area contributed by atoms with Gasteiger partial charge in [-0.15, -0.1) is 0 Å². The number of cyclic esters (lactones) is 1. The zero-order chi connectivity index (χ0) is 23.9. The highest BCUT2D eigenvalue weighted by Gasteiger charge is 2.37. The van der Waals surface area contributed by atoms with E-state index >= 15 is 0 Å². The Morgan fingerprint density at radius 3 is 2.85 bits per heavy atom. The number of benzene rings is 1. The Hall–Kier alpha value is -3.34. The van der Waals surface area contributed by atoms with Crippen molar-refractivity contribution >= 4 is 34.4 Å². The van der Waals surface area contributed by atoms with Gasteiger partial charge in [0.05, 0.1) is 40.1 Å². The fourth-order valence-corrected chi connectivity index (χ4v) is 5.53. The molecule has 1 amide bonds. The van der Waals surface area contributed by atoms with Crippen LogP contribution in [-0.4, -0.2) is 38.2 Å². The Morgan fingerprint density at radius 1 is 1.29 bits per heavy atom. The van der Waals surface area contributed by atoms with Crippen molar-refractivity contribution in [2.75, 3.05) is 6.61 Å². The lowest BCUT2D eigenvalue weighted by molar-refractivity contribution is -0.157. The first kappa shape index (κ1) is 21.2. The van der Waals surface area contributed by atoms with Crippen molar-refractivity contribution in [2.45, 2.75) is 38.1 Å². The first-order chi connectivity index (χ1) is 16.3. The summed E-state index contributed by atoms with van der Waals surface area (Å²) in [5, 5.41) is 23.0. The lowest BCUT2D eigenvalue weighted by Gasteiger charge is -2.29. The molecule has 0 fully saturated rings. The number of aromatic nitrogens is 2. The second-order valence-electron chi connectivity index (χ2n) is 8.58. The highest BCUT2D eigenvalue weighted by molar-refractivity contribution is 6.32. The number of nitrogens with one attached hydrogen (secondary N) is 1. The zero-order valence-corrected chi connectivity index (χ0v) is 18.3. The van der Waals surface area contributed by atoms with Crippen molar-refractivity contribution in [3.8, 4) is 11.4 Å². The van der Waals surface area contributed by atoms with Gasteiger partial charge in [0.15, 0.2) is 6.10 Å². The van der Waals surface area contributed by atoms with Gasteiger partial charge in [0.1, 0.15) is 19.0 Å². The van der Waals surface area contributed by atoms with E-state index in [-0.39, 0.29) is 29.3 Å². The molecule has 34 heavy (non-hydrogen) atoms. The van der Waals surface area contributed by atoms with Crippen LogP contribution in [0, 0.1) is 5.82 Å². The largest absolute Gasteiger partial charge is 0.458 e. The van der Waals surface area contributed by atoms with Crippen molar-refractivity contribution in [2.24, 2.45) is 0 Å². The van der Waals surface area contributed by atoms with Gasteiger partial charge in [-0.2, -0.15) is 0 Å². The van der Waals surface area contributed by atoms with Crippen LogP contribution in [0.3, 0.4) is 0 Å². The minimum absolute atomic E-state index is 0.00985. The Labute approximate surface area is 195 Å². The van der Waals surface area contributed by atoms with Crippen LogP contribution in [-0.2, 0) is 33.9 Å². The molecule has 3 aliphatic rings. The molecule has 0 bridgehead atoms. The van der Waals surface area contributed by atoms with Crippen LogP contribution in [0.25, 0.3) is 22.3 Å². The third-order valence-corrected chi connectivity index (χ3v) is 7.20. The third kappa shape index (κ3) is 2.79. The van der Waals surface area contributed by atoms with Gasteiger partial charge in [-0.25, -0.2) is 14.2 Å². The Morgan fingerprint density at radius 2 is 2.09 bits per heavy atom. The monoisotopic (exact) mass is 485 g/mol. The predicted molar refractivity (Wildman–Crippen MR) is 117 cm³/mol. The second-order valence-corrected chi connectivity index (χ2v) is 8.96. The van der Waals surface area contributed by atoms with Crippen molar-refractivity contribution < 1.29 is 28.9 Å². The van der Waals surface area contributed by atoms with Crippen LogP contribution in [0.15, 0.2) is 16.9 Å². The summed E-state index contributed by atoms with van der Waals surface area (Å²) in [5.41, 5.74) is 2.89. The molecule has 3 N–H and O–H groups in total. The molecule has 2 unspecified atom stereocenters. The van der Waals surface area contributed by atoms with E-state index < -0.39 is 42.0 Å². The number of halogens is 2. The number of hydrogen-bond acceptors (Lipinski definition) is 7. The van der Waals surface area contributed by atoms with Gasteiger partial charge >= 0.3 is 5.97 Å². The van der Waals surface area contributed by atoms with Gasteiger partial charge in [-0.1, -0.05) is 11.6 Å². The van der Waals surface area contributed by atoms with Gasteiger partial charge in [0, 0.05) is 22.6 Å². The Balaban J connectivity index is 1.66. The molecule has 1 aliphatic carbocycles. The van der Waals surface area contributed by atoms with Crippen molar-refractivity contribution in [3.05, 3.63) is 61.1 Å². The summed E-state index contributed by atoms with van der Waals surface area (Å²) in [4.78, 5) is 41.8. The SMILES string of the molecule is O=C(CO)NC1CCc2c(Cl)c(F)cc3nc4c(c1c23)Cn1c-4cc2c(c1=O)COC(=O)C2O. The highest BCUT2D eigenvalue weighted by atomic mass is 35.5. The molecule has 0 saturated carbocycles. The van der Waals surface area contributed by atoms with Crippen LogP contribution in [0.5, 0.6) is 0 Å². The minimum atomic E-state index is -1.59. The molecular formula is C23H17ClFN3O6. The molecule has 9 nitrogen and oxygen atoms in total. The van der Waals surface area contributed by atoms with E-state index in [1.54, 1.807) is 0 Å². The van der Waals surface area contributed by atoms with Gasteiger partial charge in [0.25, 0.3) is 5.56 Å². The highest BCUT2D eigenvalue weighted by Crippen LogP contribution is 2.46. The average Bonchev–Trinajstić information content (AvgIpc) is 3.19. The van der Waals surface area contributed by atoms with Crippen LogP contribution in [0.2, 0.25) is 5.02 Å². The number of fused-ring (bicyclic) bond motifs is 5. The molecule has 2 aliphatic heterocycles. The van der Waals surface area contributed by atoms with Gasteiger partial charge in [0.2, 0.25) is 5.91 Å². The summed E-state index contributed by atoms with van der Waals surface area (Å²) in [7, 11) is 0. The molecule has 2 atom stereocenters. The summed E-state index contributed by atoms with van der Waals surface area (Å²) < 4.78 is 21.0. The maximum absolute atomic E-state index is 14.6. The Bertz CT molecular complexity index is 1520. The lowest BCUT2D eigenvalue weighted by Crippen LogP contribution is -2.34. The number of aliphatic hydroxyl groups is 2. The van der Waals surface area contributed by atoms with Crippen LogP contribution in [0.4, 0.5) is 4.39 Å². The van der Waals surface area contributed by atoms with Crippen LogP contribution in [0.1, 0.15) is 46.4 Å². The maximum Gasteiger partial charge on any atom is 0.340 e. The number of nitrogens with zero attached hydrogens (tertiary/aromatic N) is 2. The van der Waals surface area contributed by atoms with E-state index in [9.17, 15) is 29.0 Å². The number of ether oxygens (including phenoxy) is 1. The van der Waals surface area contributed by atoms with Crippen molar-refractivity contribution in [1.29, 1.82) is 0 Å². The smallest absolute Gasteiger partial charge is 0.340 e. The number of rotatable bonds is 2. The number of esters is 1. The predicted octanol–water partition coefficient (Wildman–Crippen LogP) is 1.40. The zero-order valence-electron chi connectivity index (χ0n) is 17.5. The second kappa shape index (κ2) is 7.33. The van der Waals surface area contributed by atoms with Crippen molar-refractivity contribution in [1.82, 2.24) is 14.9 Å². The molecule has 6 rings (SSSR count). The molecule has 0 spiro atoms. The molecule has 3 aromatic rings. The normalized spacial score (nSPS) is 19.9. The molecule has 0 radical (unpaired) electrons. The average molecular weight is 486 g/mol. The van der Waals surface area contributed by atoms with E-state index in [0.717, 1.165) is 0 Å². The minimum Gasteiger partial charge on any atom is -0.458 e. The number of carbonyl (C=O) groups excluding carboxylic acids is 2. The first-order valence-electron chi connectivity index (χ1n) is 10.7. The molecule has 4 heterocycles. The number of carbonyl (C=O) groups is 2. The molecule has 11 heteroatoms. The summed E-state index contributed by atoms with van der Waals surface area (Å²) >= 11 is 6.28. The first-order valence-corrected chi connectivity index (χ1v) is 11.0. The maximum atomic E-state index is 14.6. The van der Waals surface area contributed by atoms with E-state index in [0.29, 0.717) is 51.8 Å². The molecule has 1 aromatic carbocycles. The number of hydrogen-bond donors (Lipinski definition) is 3. The fourth-order valence-electron chi connectivity index (χ4n) is 5.29. The van der Waals surface area contributed by atoms with Gasteiger partial charge in [-0.05, 0) is 30.0 Å². The quantitative estimate of drug-likeness (QED) is 0.366. The molecular weight excluding hydrogens is 469 g/mol. The van der Waals surface area contributed by atoms with E-state index in [1.165, 1.54) is 16.7 Å². The van der Waals surface area contributed by atoms with E-state index in [1.807, 2.05) is 0 Å². The summed E-state index contributed by atoms with van der Waals surface area (Å²) in [6, 6.07) is 2.24. The standard InChI is InChI=1S/C23H17ClFN3O6/c24-19-8-1-2-13(26-16(30)6-29)18-10-5-28-15(20(10)27-14(17(8)18)4-12(19)25)3-9-11(22(28)32)7-34-23(33)21(9)31/h3-4,13,21,29,31H,1-2,5-7H2,(H,26,30). The van der Waals surface area contributed by atoms with Gasteiger partial charge in [-0.3, -0.25) is 9.59 Å². The number of amides is 1. The summed E-state index contributed by atoms with van der Waals surface area (Å²) in [6.45, 7) is -0.815. The van der Waals surface area contributed by atoms with Crippen LogP contribution < -0.4 is 10.9 Å². The summed E-state index contributed by atoms with van der Waals surface area (Å²) in [6.07, 6.45) is -0.787. The van der Waals surface area contributed by atoms with Crippen molar-refractivity contribution in [3.63, 3.8) is 0 Å². The lowest BCUT2D eigenvalue weighted by atomic mass is 9.83. The summed E-state index contributed by atoms with van der Waals surface area (Å²) in [5.74, 6) is -2.04. The van der Waals surface area contributed by atoms with E-state index in [4.69, 9.17) is 16.3 Å². The molecule has 0 saturated heterocycles. The van der Waals surface area contributed by atoms with Crippen LogP contribution >= 0.6 is 11.6 Å². The third-order valence-electron chi connectivity index (χ3n) is 6.79. The molecule has 2 aromatic heterocycles. The number of aryl methyl sites for hydroxylation is 1.